The highest BCUT2D eigenvalue weighted by molar-refractivity contribution is 5.96. The standard InChI is InChI=1S/C24H22O2/c1-26-23-16-13-19(14-17-23)12-15-22(20-8-4-2-5-9-20)18-24(25)21-10-6-3-7-11-21/h2-17,22H,18H2,1H3/b15-12+. The molecular weight excluding hydrogens is 320 g/mol. The molecule has 1 unspecified atom stereocenters. The SMILES string of the molecule is COc1ccc(/C=C/C(CC(=O)c2ccccc2)c2ccccc2)cc1. The number of hydrogen-bond donors (Lipinski definition) is 0. The molecule has 2 nitrogen and oxygen atoms in total. The van der Waals surface area contributed by atoms with Crippen molar-refractivity contribution in [3.8, 4) is 5.75 Å². The van der Waals surface area contributed by atoms with E-state index in [0.29, 0.717) is 6.42 Å². The molecule has 0 fully saturated rings. The van der Waals surface area contributed by atoms with Gasteiger partial charge in [0.1, 0.15) is 5.75 Å². The summed E-state index contributed by atoms with van der Waals surface area (Å²) in [5.74, 6) is 1.02. The minimum atomic E-state index is 0.0333. The van der Waals surface area contributed by atoms with Gasteiger partial charge < -0.3 is 4.74 Å². The lowest BCUT2D eigenvalue weighted by Crippen LogP contribution is -2.06. The first-order chi connectivity index (χ1) is 12.8. The van der Waals surface area contributed by atoms with Gasteiger partial charge in [-0.05, 0) is 23.3 Å². The maximum Gasteiger partial charge on any atom is 0.163 e. The second kappa shape index (κ2) is 8.82. The van der Waals surface area contributed by atoms with Crippen molar-refractivity contribution in [2.75, 3.05) is 7.11 Å². The van der Waals surface area contributed by atoms with Gasteiger partial charge in [-0.25, -0.2) is 0 Å². The number of carbonyl (C=O) groups excluding carboxylic acids is 1. The van der Waals surface area contributed by atoms with Gasteiger partial charge in [-0.1, -0.05) is 84.9 Å². The lowest BCUT2D eigenvalue weighted by molar-refractivity contribution is 0.0978. The van der Waals surface area contributed by atoms with E-state index in [-0.39, 0.29) is 11.7 Å². The molecule has 0 N–H and O–H groups in total. The van der Waals surface area contributed by atoms with Crippen molar-refractivity contribution in [2.45, 2.75) is 12.3 Å². The van der Waals surface area contributed by atoms with Crippen LogP contribution < -0.4 is 4.74 Å². The molecule has 0 amide bonds. The Morgan fingerprint density at radius 2 is 1.50 bits per heavy atom. The molecule has 130 valence electrons. The molecule has 0 aliphatic rings. The largest absolute Gasteiger partial charge is 0.497 e. The van der Waals surface area contributed by atoms with E-state index in [0.717, 1.165) is 22.4 Å². The van der Waals surface area contributed by atoms with Crippen LogP contribution in [0.4, 0.5) is 0 Å². The molecule has 0 aliphatic carbocycles. The highest BCUT2D eigenvalue weighted by Crippen LogP contribution is 2.25. The van der Waals surface area contributed by atoms with Crippen LogP contribution in [0, 0.1) is 0 Å². The Kier molecular flexibility index (Phi) is 6.00. The molecule has 0 aromatic heterocycles. The average molecular weight is 342 g/mol. The molecule has 3 aromatic carbocycles. The monoisotopic (exact) mass is 342 g/mol. The number of rotatable bonds is 7. The molecule has 0 saturated heterocycles. The molecule has 3 aromatic rings. The molecule has 1 atom stereocenters. The van der Waals surface area contributed by atoms with Crippen LogP contribution in [0.15, 0.2) is 91.0 Å². The van der Waals surface area contributed by atoms with Crippen molar-refractivity contribution < 1.29 is 9.53 Å². The number of Topliss-reactive ketones (excluding diaryl/α,β-unsaturated/α-hetero) is 1. The van der Waals surface area contributed by atoms with Crippen LogP contribution in [0.3, 0.4) is 0 Å². The summed E-state index contributed by atoms with van der Waals surface area (Å²) in [6, 6.07) is 27.5. The maximum atomic E-state index is 12.7. The molecule has 0 aliphatic heterocycles. The second-order valence-electron chi connectivity index (χ2n) is 6.14. The minimum absolute atomic E-state index is 0.0333. The first-order valence-electron chi connectivity index (χ1n) is 8.72. The summed E-state index contributed by atoms with van der Waals surface area (Å²) < 4.78 is 5.20. The van der Waals surface area contributed by atoms with Crippen molar-refractivity contribution >= 4 is 11.9 Å². The summed E-state index contributed by atoms with van der Waals surface area (Å²) in [6.07, 6.45) is 4.62. The van der Waals surface area contributed by atoms with Crippen molar-refractivity contribution in [2.24, 2.45) is 0 Å². The predicted octanol–water partition coefficient (Wildman–Crippen LogP) is 5.77. The Hall–Kier alpha value is -3.13. The highest BCUT2D eigenvalue weighted by Gasteiger charge is 2.14. The van der Waals surface area contributed by atoms with Gasteiger partial charge in [0.15, 0.2) is 5.78 Å². The van der Waals surface area contributed by atoms with Crippen LogP contribution >= 0.6 is 0 Å². The van der Waals surface area contributed by atoms with E-state index in [1.807, 2.05) is 72.8 Å². The normalized spacial score (nSPS) is 12.0. The Morgan fingerprint density at radius 1 is 0.885 bits per heavy atom. The minimum Gasteiger partial charge on any atom is -0.497 e. The van der Waals surface area contributed by atoms with Gasteiger partial charge in [0.2, 0.25) is 0 Å². The zero-order valence-electron chi connectivity index (χ0n) is 14.8. The Labute approximate surface area is 154 Å². The number of methoxy groups -OCH3 is 1. The molecule has 0 spiro atoms. The van der Waals surface area contributed by atoms with Crippen molar-refractivity contribution in [1.82, 2.24) is 0 Å². The molecule has 26 heavy (non-hydrogen) atoms. The summed E-state index contributed by atoms with van der Waals surface area (Å²) in [4.78, 5) is 12.7. The van der Waals surface area contributed by atoms with Gasteiger partial charge in [-0.15, -0.1) is 0 Å². The van der Waals surface area contributed by atoms with Crippen LogP contribution in [0.25, 0.3) is 6.08 Å². The number of hydrogen-bond acceptors (Lipinski definition) is 2. The van der Waals surface area contributed by atoms with Crippen LogP contribution in [0.1, 0.15) is 33.8 Å². The smallest absolute Gasteiger partial charge is 0.163 e. The maximum absolute atomic E-state index is 12.7. The van der Waals surface area contributed by atoms with Crippen molar-refractivity contribution in [3.05, 3.63) is 108 Å². The summed E-state index contributed by atoms with van der Waals surface area (Å²) in [7, 11) is 1.66. The zero-order chi connectivity index (χ0) is 18.2. The number of carbonyl (C=O) groups is 1. The molecule has 3 rings (SSSR count). The van der Waals surface area contributed by atoms with E-state index in [4.69, 9.17) is 4.74 Å². The summed E-state index contributed by atoms with van der Waals surface area (Å²) in [6.45, 7) is 0. The number of ether oxygens (including phenoxy) is 1. The van der Waals surface area contributed by atoms with E-state index < -0.39 is 0 Å². The fraction of sp³-hybridized carbons (Fsp3) is 0.125. The lowest BCUT2D eigenvalue weighted by atomic mass is 9.90. The van der Waals surface area contributed by atoms with E-state index in [1.54, 1.807) is 7.11 Å². The van der Waals surface area contributed by atoms with Crippen LogP contribution in [-0.4, -0.2) is 12.9 Å². The quantitative estimate of drug-likeness (QED) is 0.510. The van der Waals surface area contributed by atoms with E-state index in [1.165, 1.54) is 0 Å². The van der Waals surface area contributed by atoms with Crippen molar-refractivity contribution in [3.63, 3.8) is 0 Å². The fourth-order valence-electron chi connectivity index (χ4n) is 2.88. The second-order valence-corrected chi connectivity index (χ2v) is 6.14. The van der Waals surface area contributed by atoms with Gasteiger partial charge in [0.25, 0.3) is 0 Å². The van der Waals surface area contributed by atoms with Crippen molar-refractivity contribution in [1.29, 1.82) is 0 Å². The molecule has 0 bridgehead atoms. The molecule has 0 saturated carbocycles. The third-order valence-corrected chi connectivity index (χ3v) is 4.37. The third-order valence-electron chi connectivity index (χ3n) is 4.37. The van der Waals surface area contributed by atoms with Crippen LogP contribution in [-0.2, 0) is 0 Å². The first kappa shape index (κ1) is 17.7. The first-order valence-corrected chi connectivity index (χ1v) is 8.72. The summed E-state index contributed by atoms with van der Waals surface area (Å²) in [5, 5.41) is 0. The van der Waals surface area contributed by atoms with E-state index >= 15 is 0 Å². The highest BCUT2D eigenvalue weighted by atomic mass is 16.5. The van der Waals surface area contributed by atoms with E-state index in [2.05, 4.69) is 24.3 Å². The van der Waals surface area contributed by atoms with E-state index in [9.17, 15) is 4.79 Å². The molecular formula is C24H22O2. The molecule has 0 radical (unpaired) electrons. The Morgan fingerprint density at radius 3 is 2.12 bits per heavy atom. The fourth-order valence-corrected chi connectivity index (χ4v) is 2.88. The molecule has 2 heteroatoms. The van der Waals surface area contributed by atoms with Gasteiger partial charge >= 0.3 is 0 Å². The Balaban J connectivity index is 1.81. The zero-order valence-corrected chi connectivity index (χ0v) is 14.8. The summed E-state index contributed by atoms with van der Waals surface area (Å²) >= 11 is 0. The predicted molar refractivity (Wildman–Crippen MR) is 107 cm³/mol. The van der Waals surface area contributed by atoms with Gasteiger partial charge in [0.05, 0.1) is 7.11 Å². The average Bonchev–Trinajstić information content (AvgIpc) is 2.72. The van der Waals surface area contributed by atoms with Gasteiger partial charge in [0, 0.05) is 17.9 Å². The van der Waals surface area contributed by atoms with Gasteiger partial charge in [-0.2, -0.15) is 0 Å². The number of benzene rings is 3. The van der Waals surface area contributed by atoms with Gasteiger partial charge in [-0.3, -0.25) is 4.79 Å². The van der Waals surface area contributed by atoms with Crippen LogP contribution in [0.5, 0.6) is 5.75 Å². The summed E-state index contributed by atoms with van der Waals surface area (Å²) in [5.41, 5.74) is 2.98. The van der Waals surface area contributed by atoms with Crippen LogP contribution in [0.2, 0.25) is 0 Å². The topological polar surface area (TPSA) is 26.3 Å². The lowest BCUT2D eigenvalue weighted by Gasteiger charge is -2.13. The third kappa shape index (κ3) is 4.70. The number of allylic oxidation sites excluding steroid dienone is 1. The molecule has 0 heterocycles. The number of ketones is 1. The Bertz CT molecular complexity index is 850.